The van der Waals surface area contributed by atoms with Crippen molar-refractivity contribution >= 4 is 11.6 Å². The van der Waals surface area contributed by atoms with Crippen LogP contribution in [0.5, 0.6) is 0 Å². The maximum Gasteiger partial charge on any atom is 0.264 e. The van der Waals surface area contributed by atoms with Crippen LogP contribution < -0.4 is 5.32 Å². The maximum absolute atomic E-state index is 13.2. The number of halogens is 2. The van der Waals surface area contributed by atoms with Crippen molar-refractivity contribution in [3.8, 4) is 0 Å². The third kappa shape index (κ3) is 3.71. The molecule has 0 aromatic heterocycles. The van der Waals surface area contributed by atoms with Crippen molar-refractivity contribution in [2.24, 2.45) is 5.16 Å². The number of rotatable bonds is 4. The number of carbonyl (C=O) groups is 1. The molecule has 23 heavy (non-hydrogen) atoms. The zero-order valence-corrected chi connectivity index (χ0v) is 12.1. The average Bonchev–Trinajstić information content (AvgIpc) is 3.04. The van der Waals surface area contributed by atoms with Crippen LogP contribution >= 0.6 is 0 Å². The Kier molecular flexibility index (Phi) is 4.32. The van der Waals surface area contributed by atoms with Crippen molar-refractivity contribution < 1.29 is 18.4 Å². The summed E-state index contributed by atoms with van der Waals surface area (Å²) < 4.78 is 26.0. The number of nitrogens with one attached hydrogen (secondary N) is 1. The van der Waals surface area contributed by atoms with Crippen molar-refractivity contribution in [2.75, 3.05) is 0 Å². The molecule has 0 radical (unpaired) electrons. The standard InChI is InChI=1S/C17H14F2N2O2/c18-13-6-4-11(5-7-13)10-20-17(22)16-9-15(21-23-16)12-2-1-3-14(19)8-12/h1-8,16H,9-10H2,(H,20,22)/t16-/m0/s1. The van der Waals surface area contributed by atoms with Crippen LogP contribution in [0.15, 0.2) is 53.7 Å². The molecule has 3 rings (SSSR count). The van der Waals surface area contributed by atoms with Gasteiger partial charge in [-0.05, 0) is 29.8 Å². The molecule has 0 saturated carbocycles. The van der Waals surface area contributed by atoms with E-state index in [0.717, 1.165) is 5.56 Å². The van der Waals surface area contributed by atoms with Gasteiger partial charge in [0.25, 0.3) is 5.91 Å². The maximum atomic E-state index is 13.2. The first-order valence-electron chi connectivity index (χ1n) is 7.12. The largest absolute Gasteiger partial charge is 0.382 e. The Hall–Kier alpha value is -2.76. The smallest absolute Gasteiger partial charge is 0.264 e. The Balaban J connectivity index is 1.55. The summed E-state index contributed by atoms with van der Waals surface area (Å²) >= 11 is 0. The Morgan fingerprint density at radius 3 is 2.70 bits per heavy atom. The highest BCUT2D eigenvalue weighted by Crippen LogP contribution is 2.17. The molecule has 118 valence electrons. The first-order valence-corrected chi connectivity index (χ1v) is 7.12. The number of carbonyl (C=O) groups excluding carboxylic acids is 1. The summed E-state index contributed by atoms with van der Waals surface area (Å²) in [7, 11) is 0. The highest BCUT2D eigenvalue weighted by atomic mass is 19.1. The fraction of sp³-hybridized carbons (Fsp3) is 0.176. The van der Waals surface area contributed by atoms with E-state index in [9.17, 15) is 13.6 Å². The minimum Gasteiger partial charge on any atom is -0.382 e. The molecule has 0 spiro atoms. The molecule has 2 aromatic carbocycles. The normalized spacial score (nSPS) is 16.6. The lowest BCUT2D eigenvalue weighted by atomic mass is 10.0. The van der Waals surface area contributed by atoms with Crippen molar-refractivity contribution in [2.45, 2.75) is 19.1 Å². The molecule has 6 heteroatoms. The predicted molar refractivity (Wildman–Crippen MR) is 80.7 cm³/mol. The van der Waals surface area contributed by atoms with Gasteiger partial charge in [0.05, 0.1) is 5.71 Å². The molecule has 2 aromatic rings. The molecule has 1 N–H and O–H groups in total. The van der Waals surface area contributed by atoms with E-state index in [4.69, 9.17) is 4.84 Å². The number of amides is 1. The van der Waals surface area contributed by atoms with Gasteiger partial charge in [0.2, 0.25) is 6.10 Å². The third-order valence-electron chi connectivity index (χ3n) is 3.50. The van der Waals surface area contributed by atoms with Crippen LogP contribution in [0.25, 0.3) is 0 Å². The van der Waals surface area contributed by atoms with Crippen LogP contribution in [-0.4, -0.2) is 17.7 Å². The molecular formula is C17H14F2N2O2. The van der Waals surface area contributed by atoms with Crippen LogP contribution in [0.4, 0.5) is 8.78 Å². The molecule has 0 unspecified atom stereocenters. The van der Waals surface area contributed by atoms with Crippen molar-refractivity contribution in [3.63, 3.8) is 0 Å². The topological polar surface area (TPSA) is 50.7 Å². The second kappa shape index (κ2) is 6.56. The second-order valence-electron chi connectivity index (χ2n) is 5.19. The van der Waals surface area contributed by atoms with E-state index >= 15 is 0 Å². The summed E-state index contributed by atoms with van der Waals surface area (Å²) in [5, 5.41) is 6.57. The molecular weight excluding hydrogens is 302 g/mol. The molecule has 4 nitrogen and oxygen atoms in total. The fourth-order valence-electron chi connectivity index (χ4n) is 2.26. The highest BCUT2D eigenvalue weighted by molar-refractivity contribution is 6.04. The number of nitrogens with zero attached hydrogens (tertiary/aromatic N) is 1. The summed E-state index contributed by atoms with van der Waals surface area (Å²) in [6.45, 7) is 0.272. The number of hydrogen-bond acceptors (Lipinski definition) is 3. The van der Waals surface area contributed by atoms with Crippen LogP contribution in [-0.2, 0) is 16.2 Å². The minimum atomic E-state index is -0.742. The van der Waals surface area contributed by atoms with Gasteiger partial charge in [-0.15, -0.1) is 0 Å². The fourth-order valence-corrected chi connectivity index (χ4v) is 2.26. The van der Waals surface area contributed by atoms with Crippen molar-refractivity contribution in [1.29, 1.82) is 0 Å². The lowest BCUT2D eigenvalue weighted by Crippen LogP contribution is -2.34. The van der Waals surface area contributed by atoms with Gasteiger partial charge in [0.15, 0.2) is 0 Å². The molecule has 1 aliphatic rings. The van der Waals surface area contributed by atoms with Gasteiger partial charge in [0, 0.05) is 18.5 Å². The lowest BCUT2D eigenvalue weighted by molar-refractivity contribution is -0.131. The molecule has 1 heterocycles. The Bertz CT molecular complexity index is 745. The first-order chi connectivity index (χ1) is 11.1. The molecule has 1 atom stereocenters. The van der Waals surface area contributed by atoms with Crippen LogP contribution in [0.3, 0.4) is 0 Å². The molecule has 0 saturated heterocycles. The minimum absolute atomic E-state index is 0.272. The zero-order valence-electron chi connectivity index (χ0n) is 12.1. The Morgan fingerprint density at radius 1 is 1.17 bits per heavy atom. The van der Waals surface area contributed by atoms with Gasteiger partial charge < -0.3 is 10.2 Å². The van der Waals surface area contributed by atoms with E-state index in [1.807, 2.05) is 0 Å². The van der Waals surface area contributed by atoms with Gasteiger partial charge in [-0.1, -0.05) is 29.4 Å². The zero-order chi connectivity index (χ0) is 16.2. The van der Waals surface area contributed by atoms with Crippen molar-refractivity contribution in [1.82, 2.24) is 5.32 Å². The van der Waals surface area contributed by atoms with Gasteiger partial charge in [0.1, 0.15) is 11.6 Å². The van der Waals surface area contributed by atoms with Crippen LogP contribution in [0, 0.1) is 11.6 Å². The monoisotopic (exact) mass is 316 g/mol. The van der Waals surface area contributed by atoms with Gasteiger partial charge >= 0.3 is 0 Å². The van der Waals surface area contributed by atoms with Gasteiger partial charge in [-0.25, -0.2) is 8.78 Å². The van der Waals surface area contributed by atoms with E-state index < -0.39 is 6.10 Å². The summed E-state index contributed by atoms with van der Waals surface area (Å²) in [5.41, 5.74) is 1.91. The molecule has 0 fully saturated rings. The first kappa shape index (κ1) is 15.1. The van der Waals surface area contributed by atoms with Crippen LogP contribution in [0.1, 0.15) is 17.5 Å². The summed E-state index contributed by atoms with van der Waals surface area (Å²) in [4.78, 5) is 17.2. The summed E-state index contributed by atoms with van der Waals surface area (Å²) in [5.74, 6) is -1.01. The van der Waals surface area contributed by atoms with E-state index in [-0.39, 0.29) is 30.5 Å². The lowest BCUT2D eigenvalue weighted by Gasteiger charge is -2.09. The third-order valence-corrected chi connectivity index (χ3v) is 3.50. The quantitative estimate of drug-likeness (QED) is 0.943. The van der Waals surface area contributed by atoms with E-state index in [2.05, 4.69) is 10.5 Å². The molecule has 0 aliphatic carbocycles. The number of benzene rings is 2. The van der Waals surface area contributed by atoms with E-state index in [1.54, 1.807) is 24.3 Å². The summed E-state index contributed by atoms with van der Waals surface area (Å²) in [6.07, 6.45) is -0.465. The van der Waals surface area contributed by atoms with E-state index in [0.29, 0.717) is 11.3 Å². The molecule has 1 aliphatic heterocycles. The molecule has 1 amide bonds. The van der Waals surface area contributed by atoms with Crippen molar-refractivity contribution in [3.05, 3.63) is 71.3 Å². The Morgan fingerprint density at radius 2 is 1.96 bits per heavy atom. The van der Waals surface area contributed by atoms with Gasteiger partial charge in [-0.3, -0.25) is 4.79 Å². The molecule has 0 bridgehead atoms. The van der Waals surface area contributed by atoms with Gasteiger partial charge in [-0.2, -0.15) is 0 Å². The number of hydrogen-bond donors (Lipinski definition) is 1. The number of oxime groups is 1. The van der Waals surface area contributed by atoms with E-state index in [1.165, 1.54) is 24.3 Å². The highest BCUT2D eigenvalue weighted by Gasteiger charge is 2.28. The summed E-state index contributed by atoms with van der Waals surface area (Å²) in [6, 6.07) is 11.8. The second-order valence-corrected chi connectivity index (χ2v) is 5.19. The van der Waals surface area contributed by atoms with Crippen LogP contribution in [0.2, 0.25) is 0 Å². The predicted octanol–water partition coefficient (Wildman–Crippen LogP) is 2.77. The SMILES string of the molecule is O=C(NCc1ccc(F)cc1)[C@@H]1CC(c2cccc(F)c2)=NO1. The Labute approximate surface area is 131 Å². The average molecular weight is 316 g/mol.